The largest absolute Gasteiger partial charge is 0.495 e. The summed E-state index contributed by atoms with van der Waals surface area (Å²) in [4.78, 5) is 9.85. The maximum absolute atomic E-state index is 12.2. The number of nitrogens with one attached hydrogen (secondary N) is 1. The Hall–Kier alpha value is -1.71. The molecule has 1 aromatic rings. The van der Waals surface area contributed by atoms with Crippen molar-refractivity contribution in [3.05, 3.63) is 28.3 Å². The zero-order chi connectivity index (χ0) is 15.7. The molecule has 0 aromatic heterocycles. The van der Waals surface area contributed by atoms with E-state index < -0.39 is 20.5 Å². The molecule has 0 radical (unpaired) electrons. The van der Waals surface area contributed by atoms with E-state index >= 15 is 0 Å². The number of ether oxygens (including phenoxy) is 1. The molecular formula is C12H16N2O6S. The Morgan fingerprint density at radius 3 is 2.62 bits per heavy atom. The minimum Gasteiger partial charge on any atom is -0.495 e. The smallest absolute Gasteiger partial charge is 0.273 e. The van der Waals surface area contributed by atoms with Crippen LogP contribution < -0.4 is 9.46 Å². The van der Waals surface area contributed by atoms with E-state index in [1.54, 1.807) is 0 Å². The van der Waals surface area contributed by atoms with Gasteiger partial charge in [0.2, 0.25) is 10.0 Å². The lowest BCUT2D eigenvalue weighted by atomic mass is 9.81. The second kappa shape index (κ2) is 5.58. The van der Waals surface area contributed by atoms with Gasteiger partial charge in [-0.25, -0.2) is 13.1 Å². The SMILES string of the molecule is COc1cc([N+](=O)[O-])ccc1S(=O)(=O)NCC1(O)CCC1. The van der Waals surface area contributed by atoms with Crippen molar-refractivity contribution in [1.82, 2.24) is 4.72 Å². The van der Waals surface area contributed by atoms with Crippen molar-refractivity contribution in [2.24, 2.45) is 0 Å². The Bertz CT molecular complexity index is 654. The summed E-state index contributed by atoms with van der Waals surface area (Å²) in [5.41, 5.74) is -1.26. The monoisotopic (exact) mass is 316 g/mol. The predicted octanol–water partition coefficient (Wildman–Crippen LogP) is 0.797. The second-order valence-corrected chi connectivity index (χ2v) is 6.73. The van der Waals surface area contributed by atoms with Crippen LogP contribution in [0.5, 0.6) is 5.75 Å². The van der Waals surface area contributed by atoms with Crippen molar-refractivity contribution < 1.29 is 23.2 Å². The topological polar surface area (TPSA) is 119 Å². The van der Waals surface area contributed by atoms with Gasteiger partial charge < -0.3 is 9.84 Å². The van der Waals surface area contributed by atoms with Crippen molar-refractivity contribution in [2.45, 2.75) is 29.8 Å². The van der Waals surface area contributed by atoms with E-state index in [-0.39, 0.29) is 22.9 Å². The first-order chi connectivity index (χ1) is 9.77. The summed E-state index contributed by atoms with van der Waals surface area (Å²) in [5.74, 6) is -0.114. The van der Waals surface area contributed by atoms with E-state index in [1.807, 2.05) is 0 Å². The standard InChI is InChI=1S/C12H16N2O6S/c1-20-10-7-9(14(16)17)3-4-11(10)21(18,19)13-8-12(15)5-2-6-12/h3-4,7,13,15H,2,5-6,8H2,1H3. The molecule has 116 valence electrons. The molecule has 0 unspecified atom stereocenters. The van der Waals surface area contributed by atoms with Gasteiger partial charge in [-0.15, -0.1) is 0 Å². The van der Waals surface area contributed by atoms with Crippen LogP contribution in [0.2, 0.25) is 0 Å². The second-order valence-electron chi connectivity index (χ2n) is 4.99. The van der Waals surface area contributed by atoms with Gasteiger partial charge in [0, 0.05) is 12.6 Å². The van der Waals surface area contributed by atoms with Crippen molar-refractivity contribution in [3.63, 3.8) is 0 Å². The van der Waals surface area contributed by atoms with Gasteiger partial charge in [0.15, 0.2) is 0 Å². The predicted molar refractivity (Wildman–Crippen MR) is 73.6 cm³/mol. The Labute approximate surface area is 121 Å². The molecule has 1 aliphatic carbocycles. The van der Waals surface area contributed by atoms with Gasteiger partial charge in [-0.05, 0) is 25.3 Å². The molecule has 21 heavy (non-hydrogen) atoms. The van der Waals surface area contributed by atoms with Crippen LogP contribution in [0.4, 0.5) is 5.69 Å². The lowest BCUT2D eigenvalue weighted by molar-refractivity contribution is -0.385. The molecule has 0 spiro atoms. The zero-order valence-electron chi connectivity index (χ0n) is 11.4. The molecule has 0 bridgehead atoms. The number of hydrogen-bond donors (Lipinski definition) is 2. The molecule has 9 heteroatoms. The highest BCUT2D eigenvalue weighted by molar-refractivity contribution is 7.89. The third-order valence-corrected chi connectivity index (χ3v) is 4.96. The summed E-state index contributed by atoms with van der Waals surface area (Å²) in [5, 5.41) is 20.6. The number of rotatable bonds is 6. The Morgan fingerprint density at radius 1 is 1.48 bits per heavy atom. The first kappa shape index (κ1) is 15.7. The number of non-ortho nitro benzene ring substituents is 1. The lowest BCUT2D eigenvalue weighted by Crippen LogP contribution is -2.47. The fourth-order valence-electron chi connectivity index (χ4n) is 2.06. The zero-order valence-corrected chi connectivity index (χ0v) is 12.2. The van der Waals surface area contributed by atoms with Crippen LogP contribution in [0, 0.1) is 10.1 Å². The van der Waals surface area contributed by atoms with Crippen LogP contribution >= 0.6 is 0 Å². The Morgan fingerprint density at radius 2 is 2.14 bits per heavy atom. The molecule has 1 aliphatic rings. The molecule has 2 N–H and O–H groups in total. The van der Waals surface area contributed by atoms with Gasteiger partial charge in [-0.2, -0.15) is 0 Å². The molecule has 0 heterocycles. The minimum absolute atomic E-state index is 0.0878. The average molecular weight is 316 g/mol. The van der Waals surface area contributed by atoms with Crippen LogP contribution in [0.25, 0.3) is 0 Å². The number of aliphatic hydroxyl groups is 1. The highest BCUT2D eigenvalue weighted by Gasteiger charge is 2.36. The van der Waals surface area contributed by atoms with Gasteiger partial charge in [0.05, 0.1) is 23.7 Å². The normalized spacial score (nSPS) is 17.0. The Balaban J connectivity index is 2.24. The molecule has 0 amide bonds. The lowest BCUT2D eigenvalue weighted by Gasteiger charge is -2.36. The number of nitrogens with zero attached hydrogens (tertiary/aromatic N) is 1. The number of sulfonamides is 1. The van der Waals surface area contributed by atoms with E-state index in [9.17, 15) is 23.6 Å². The molecule has 2 rings (SSSR count). The van der Waals surface area contributed by atoms with Crippen LogP contribution in [-0.4, -0.2) is 37.7 Å². The minimum atomic E-state index is -3.91. The number of nitro benzene ring substituents is 1. The molecule has 1 fully saturated rings. The van der Waals surface area contributed by atoms with Crippen molar-refractivity contribution >= 4 is 15.7 Å². The van der Waals surface area contributed by atoms with E-state index in [4.69, 9.17) is 4.74 Å². The van der Waals surface area contributed by atoms with E-state index in [2.05, 4.69) is 4.72 Å². The summed E-state index contributed by atoms with van der Waals surface area (Å²) >= 11 is 0. The quantitative estimate of drug-likeness (QED) is 0.592. The van der Waals surface area contributed by atoms with E-state index in [0.29, 0.717) is 12.8 Å². The third-order valence-electron chi connectivity index (χ3n) is 3.52. The summed E-state index contributed by atoms with van der Waals surface area (Å²) in [6.07, 6.45) is 1.96. The van der Waals surface area contributed by atoms with E-state index in [1.165, 1.54) is 7.11 Å². The third kappa shape index (κ3) is 3.31. The molecule has 0 aliphatic heterocycles. The number of nitro groups is 1. The van der Waals surface area contributed by atoms with Crippen LogP contribution in [0.3, 0.4) is 0 Å². The molecule has 8 nitrogen and oxygen atoms in total. The number of benzene rings is 1. The molecule has 1 saturated carbocycles. The molecular weight excluding hydrogens is 300 g/mol. The van der Waals surface area contributed by atoms with Gasteiger partial charge in [-0.1, -0.05) is 0 Å². The maximum Gasteiger partial charge on any atom is 0.273 e. The molecule has 0 saturated heterocycles. The molecule has 1 aromatic carbocycles. The van der Waals surface area contributed by atoms with E-state index in [0.717, 1.165) is 24.6 Å². The number of methoxy groups -OCH3 is 1. The fraction of sp³-hybridized carbons (Fsp3) is 0.500. The summed E-state index contributed by atoms with van der Waals surface area (Å²) in [7, 11) is -2.68. The average Bonchev–Trinajstić information content (AvgIpc) is 2.42. The maximum atomic E-state index is 12.2. The first-order valence-corrected chi connectivity index (χ1v) is 7.80. The number of hydrogen-bond acceptors (Lipinski definition) is 6. The van der Waals surface area contributed by atoms with Gasteiger partial charge in [-0.3, -0.25) is 10.1 Å². The highest BCUT2D eigenvalue weighted by Crippen LogP contribution is 2.32. The van der Waals surface area contributed by atoms with Crippen LogP contribution in [0.15, 0.2) is 23.1 Å². The van der Waals surface area contributed by atoms with Crippen LogP contribution in [0.1, 0.15) is 19.3 Å². The highest BCUT2D eigenvalue weighted by atomic mass is 32.2. The molecule has 0 atom stereocenters. The summed E-state index contributed by atoms with van der Waals surface area (Å²) < 4.78 is 31.6. The van der Waals surface area contributed by atoms with Crippen molar-refractivity contribution in [3.8, 4) is 5.75 Å². The Kier molecular flexibility index (Phi) is 4.17. The van der Waals surface area contributed by atoms with Crippen molar-refractivity contribution in [1.29, 1.82) is 0 Å². The van der Waals surface area contributed by atoms with Gasteiger partial charge in [0.1, 0.15) is 10.6 Å². The first-order valence-electron chi connectivity index (χ1n) is 6.32. The summed E-state index contributed by atoms with van der Waals surface area (Å²) in [6, 6.07) is 3.26. The van der Waals surface area contributed by atoms with Crippen LogP contribution in [-0.2, 0) is 10.0 Å². The summed E-state index contributed by atoms with van der Waals surface area (Å²) in [6.45, 7) is -0.0878. The van der Waals surface area contributed by atoms with Gasteiger partial charge in [0.25, 0.3) is 5.69 Å². The fourth-order valence-corrected chi connectivity index (χ4v) is 3.33. The van der Waals surface area contributed by atoms with Gasteiger partial charge >= 0.3 is 0 Å². The van der Waals surface area contributed by atoms with Crippen molar-refractivity contribution in [2.75, 3.05) is 13.7 Å².